The van der Waals surface area contributed by atoms with Crippen molar-refractivity contribution in [3.8, 4) is 11.1 Å². The molecule has 174 valence electrons. The average molecular weight is 453 g/mol. The second-order valence-corrected chi connectivity index (χ2v) is 8.93. The van der Waals surface area contributed by atoms with Gasteiger partial charge in [-0.2, -0.15) is 0 Å². The van der Waals surface area contributed by atoms with Gasteiger partial charge in [0.05, 0.1) is 19.3 Å². The topological polar surface area (TPSA) is 114 Å². The van der Waals surface area contributed by atoms with Crippen LogP contribution in [0.2, 0.25) is 0 Å². The van der Waals surface area contributed by atoms with Crippen LogP contribution in [-0.4, -0.2) is 55.0 Å². The first-order valence-electron chi connectivity index (χ1n) is 11.0. The number of carboxylic acids is 1. The molecule has 0 saturated carbocycles. The molecule has 1 aliphatic heterocycles. The van der Waals surface area contributed by atoms with Gasteiger partial charge >= 0.3 is 12.1 Å². The summed E-state index contributed by atoms with van der Waals surface area (Å²) >= 11 is 0. The number of hydrogen-bond acceptors (Lipinski definition) is 5. The van der Waals surface area contributed by atoms with Crippen molar-refractivity contribution in [3.05, 3.63) is 59.7 Å². The van der Waals surface area contributed by atoms with Crippen molar-refractivity contribution < 1.29 is 29.0 Å². The monoisotopic (exact) mass is 452 g/mol. The summed E-state index contributed by atoms with van der Waals surface area (Å²) in [5.41, 5.74) is 3.38. The summed E-state index contributed by atoms with van der Waals surface area (Å²) in [5.74, 6) is -1.42. The third-order valence-corrected chi connectivity index (χ3v) is 6.48. The maximum Gasteiger partial charge on any atom is 0.407 e. The molecule has 1 aliphatic carbocycles. The third kappa shape index (κ3) is 4.57. The van der Waals surface area contributed by atoms with Crippen molar-refractivity contribution in [2.24, 2.45) is 5.41 Å². The number of hydrogen-bond donors (Lipinski definition) is 3. The van der Waals surface area contributed by atoms with E-state index in [2.05, 4.69) is 22.8 Å². The van der Waals surface area contributed by atoms with E-state index in [4.69, 9.17) is 9.47 Å². The van der Waals surface area contributed by atoms with Crippen LogP contribution in [0.3, 0.4) is 0 Å². The number of carbonyl (C=O) groups excluding carboxylic acids is 2. The van der Waals surface area contributed by atoms with Crippen LogP contribution in [-0.2, 0) is 19.1 Å². The lowest BCUT2D eigenvalue weighted by atomic mass is 9.85. The average Bonchev–Trinajstić information content (AvgIpc) is 3.31. The van der Waals surface area contributed by atoms with Crippen molar-refractivity contribution in [3.63, 3.8) is 0 Å². The fraction of sp³-hybridized carbons (Fsp3) is 0.400. The van der Waals surface area contributed by atoms with E-state index >= 15 is 0 Å². The molecule has 3 atom stereocenters. The minimum Gasteiger partial charge on any atom is -0.481 e. The number of rotatable bonds is 7. The first kappa shape index (κ1) is 22.8. The Bertz CT molecular complexity index is 1020. The minimum atomic E-state index is -1.17. The standard InChI is InChI=1S/C25H28N2O6/c1-15(11-22(28)27-21-13-32-14-25(21,2)23(29)30)26-24(31)33-12-20-18-9-5-3-7-16(18)17-8-4-6-10-19(17)20/h3-10,15,20-21H,11-14H2,1-2H3,(H,26,31)(H,27,28)(H,29,30)/t15-,21?,25?/m1/s1. The Kier molecular flexibility index (Phi) is 6.37. The van der Waals surface area contributed by atoms with Crippen molar-refractivity contribution in [2.45, 2.75) is 38.3 Å². The largest absolute Gasteiger partial charge is 0.481 e. The van der Waals surface area contributed by atoms with Gasteiger partial charge in [-0.3, -0.25) is 9.59 Å². The molecule has 33 heavy (non-hydrogen) atoms. The molecule has 8 nitrogen and oxygen atoms in total. The number of alkyl carbamates (subject to hydrolysis) is 1. The number of nitrogens with one attached hydrogen (secondary N) is 2. The van der Waals surface area contributed by atoms with Crippen LogP contribution in [0, 0.1) is 5.41 Å². The second-order valence-electron chi connectivity index (χ2n) is 8.93. The van der Waals surface area contributed by atoms with E-state index in [-0.39, 0.29) is 38.1 Å². The van der Waals surface area contributed by atoms with Crippen molar-refractivity contribution in [2.75, 3.05) is 19.8 Å². The molecule has 2 aromatic carbocycles. The predicted molar refractivity (Wildman–Crippen MR) is 121 cm³/mol. The molecule has 2 aromatic rings. The zero-order valence-electron chi connectivity index (χ0n) is 18.7. The number of aliphatic carboxylic acids is 1. The number of benzene rings is 2. The summed E-state index contributed by atoms with van der Waals surface area (Å²) < 4.78 is 10.8. The number of ether oxygens (including phenoxy) is 2. The first-order chi connectivity index (χ1) is 15.8. The Labute approximate surface area is 192 Å². The molecule has 1 fully saturated rings. The molecular formula is C25H28N2O6. The molecular weight excluding hydrogens is 424 g/mol. The Balaban J connectivity index is 1.29. The fourth-order valence-electron chi connectivity index (χ4n) is 4.51. The first-order valence-corrected chi connectivity index (χ1v) is 11.0. The molecule has 0 bridgehead atoms. The lowest BCUT2D eigenvalue weighted by Gasteiger charge is -2.26. The van der Waals surface area contributed by atoms with Crippen LogP contribution < -0.4 is 10.6 Å². The number of amides is 2. The van der Waals surface area contributed by atoms with Crippen LogP contribution in [0.4, 0.5) is 4.79 Å². The molecule has 8 heteroatoms. The van der Waals surface area contributed by atoms with Crippen molar-refractivity contribution in [1.82, 2.24) is 10.6 Å². The van der Waals surface area contributed by atoms with Gasteiger partial charge in [0.25, 0.3) is 0 Å². The van der Waals surface area contributed by atoms with E-state index < -0.39 is 29.6 Å². The summed E-state index contributed by atoms with van der Waals surface area (Å²) in [4.78, 5) is 36.3. The normalized spacial score (nSPS) is 22.2. The number of fused-ring (bicyclic) bond motifs is 3. The SMILES string of the molecule is C[C@H](CC(=O)NC1COCC1(C)C(=O)O)NC(=O)OCC1c2ccccc2-c2ccccc21. The number of carbonyl (C=O) groups is 3. The molecule has 2 aliphatic rings. The summed E-state index contributed by atoms with van der Waals surface area (Å²) in [6.45, 7) is 3.62. The quantitative estimate of drug-likeness (QED) is 0.595. The van der Waals surface area contributed by atoms with Gasteiger partial charge in [0.1, 0.15) is 12.0 Å². The minimum absolute atomic E-state index is 0.00358. The Morgan fingerprint density at radius 3 is 2.33 bits per heavy atom. The maximum atomic E-state index is 12.4. The van der Waals surface area contributed by atoms with Crippen LogP contribution in [0.5, 0.6) is 0 Å². The molecule has 1 saturated heterocycles. The van der Waals surface area contributed by atoms with Gasteiger partial charge in [0.15, 0.2) is 0 Å². The van der Waals surface area contributed by atoms with Gasteiger partial charge in [0.2, 0.25) is 5.91 Å². The Morgan fingerprint density at radius 1 is 1.12 bits per heavy atom. The third-order valence-electron chi connectivity index (χ3n) is 6.48. The molecule has 2 unspecified atom stereocenters. The van der Waals surface area contributed by atoms with Gasteiger partial charge in [-0.1, -0.05) is 48.5 Å². The lowest BCUT2D eigenvalue weighted by Crippen LogP contribution is -2.50. The van der Waals surface area contributed by atoms with Gasteiger partial charge < -0.3 is 25.2 Å². The molecule has 0 radical (unpaired) electrons. The van der Waals surface area contributed by atoms with E-state index in [0.717, 1.165) is 22.3 Å². The van der Waals surface area contributed by atoms with E-state index in [0.29, 0.717) is 0 Å². The lowest BCUT2D eigenvalue weighted by molar-refractivity contribution is -0.149. The number of carboxylic acid groups (broad SMARTS) is 1. The van der Waals surface area contributed by atoms with Gasteiger partial charge in [-0.25, -0.2) is 4.79 Å². The van der Waals surface area contributed by atoms with Gasteiger partial charge in [0, 0.05) is 18.4 Å². The van der Waals surface area contributed by atoms with Gasteiger partial charge in [-0.05, 0) is 36.1 Å². The Morgan fingerprint density at radius 2 is 1.73 bits per heavy atom. The fourth-order valence-corrected chi connectivity index (χ4v) is 4.51. The van der Waals surface area contributed by atoms with E-state index in [1.54, 1.807) is 13.8 Å². The molecule has 2 amide bonds. The zero-order chi connectivity index (χ0) is 23.6. The Hall–Kier alpha value is -3.39. The summed E-state index contributed by atoms with van der Waals surface area (Å²) in [6, 6.07) is 15.1. The van der Waals surface area contributed by atoms with Crippen molar-refractivity contribution in [1.29, 1.82) is 0 Å². The molecule has 1 heterocycles. The predicted octanol–water partition coefficient (Wildman–Crippen LogP) is 2.91. The molecule has 3 N–H and O–H groups in total. The van der Waals surface area contributed by atoms with E-state index in [9.17, 15) is 19.5 Å². The summed E-state index contributed by atoms with van der Waals surface area (Å²) in [5, 5.41) is 14.8. The van der Waals surface area contributed by atoms with Gasteiger partial charge in [-0.15, -0.1) is 0 Å². The molecule has 0 spiro atoms. The van der Waals surface area contributed by atoms with Crippen molar-refractivity contribution >= 4 is 18.0 Å². The summed E-state index contributed by atoms with van der Waals surface area (Å²) in [6.07, 6.45) is -0.604. The van der Waals surface area contributed by atoms with E-state index in [1.165, 1.54) is 0 Å². The highest BCUT2D eigenvalue weighted by atomic mass is 16.5. The molecule has 4 rings (SSSR count). The smallest absolute Gasteiger partial charge is 0.407 e. The van der Waals surface area contributed by atoms with Crippen LogP contribution >= 0.6 is 0 Å². The highest BCUT2D eigenvalue weighted by molar-refractivity contribution is 5.81. The summed E-state index contributed by atoms with van der Waals surface area (Å²) in [7, 11) is 0. The zero-order valence-corrected chi connectivity index (χ0v) is 18.7. The highest BCUT2D eigenvalue weighted by Gasteiger charge is 2.47. The molecule has 0 aromatic heterocycles. The van der Waals surface area contributed by atoms with Crippen LogP contribution in [0.25, 0.3) is 11.1 Å². The highest BCUT2D eigenvalue weighted by Crippen LogP contribution is 2.44. The second kappa shape index (κ2) is 9.23. The van der Waals surface area contributed by atoms with Crippen LogP contribution in [0.1, 0.15) is 37.3 Å². The maximum absolute atomic E-state index is 12.4. The van der Waals surface area contributed by atoms with Crippen LogP contribution in [0.15, 0.2) is 48.5 Å². The van der Waals surface area contributed by atoms with E-state index in [1.807, 2.05) is 36.4 Å².